The molecule has 0 fully saturated rings. The number of alkyl carbamates (subject to hydrolysis) is 1. The number of ether oxygens (including phenoxy) is 1. The molecule has 0 saturated carbocycles. The molecule has 0 spiro atoms. The molecule has 3 nitrogen and oxygen atoms in total. The van der Waals surface area contributed by atoms with Crippen molar-refractivity contribution in [1.82, 2.24) is 5.32 Å². The minimum Gasteiger partial charge on any atom is -0.449 e. The van der Waals surface area contributed by atoms with Crippen molar-refractivity contribution in [2.75, 3.05) is 13.2 Å². The van der Waals surface area contributed by atoms with Gasteiger partial charge in [-0.05, 0) is 45.4 Å². The molecule has 0 aliphatic heterocycles. The summed E-state index contributed by atoms with van der Waals surface area (Å²) < 4.78 is 5.53. The molecule has 0 radical (unpaired) electrons. The Morgan fingerprint density at radius 3 is 2.06 bits per heavy atom. The van der Waals surface area contributed by atoms with Gasteiger partial charge in [-0.1, -0.05) is 93.3 Å². The second-order valence-corrected chi connectivity index (χ2v) is 8.81. The fourth-order valence-corrected chi connectivity index (χ4v) is 3.97. The van der Waals surface area contributed by atoms with Crippen LogP contribution >= 0.6 is 0 Å². The maximum atomic E-state index is 12.2. The Hall–Kier alpha value is -3.51. The lowest BCUT2D eigenvalue weighted by atomic mass is 9.87. The predicted molar refractivity (Wildman–Crippen MR) is 125 cm³/mol. The van der Waals surface area contributed by atoms with Gasteiger partial charge in [0.15, 0.2) is 0 Å². The van der Waals surface area contributed by atoms with Crippen LogP contribution in [-0.2, 0) is 10.2 Å². The van der Waals surface area contributed by atoms with E-state index in [1.165, 1.54) is 27.8 Å². The minimum atomic E-state index is -0.445. The van der Waals surface area contributed by atoms with Crippen molar-refractivity contribution in [3.8, 4) is 23.0 Å². The monoisotopic (exact) mass is 409 g/mol. The van der Waals surface area contributed by atoms with Crippen molar-refractivity contribution in [2.24, 2.45) is 0 Å². The fourth-order valence-electron chi connectivity index (χ4n) is 3.97. The Balaban J connectivity index is 1.31. The summed E-state index contributed by atoms with van der Waals surface area (Å²) in [6.07, 6.45) is -0.445. The normalized spacial score (nSPS) is 12.4. The van der Waals surface area contributed by atoms with Gasteiger partial charge in [-0.3, -0.25) is 0 Å². The van der Waals surface area contributed by atoms with Gasteiger partial charge in [-0.15, -0.1) is 0 Å². The van der Waals surface area contributed by atoms with Crippen LogP contribution in [0.2, 0.25) is 0 Å². The highest BCUT2D eigenvalue weighted by atomic mass is 16.5. The highest BCUT2D eigenvalue weighted by Gasteiger charge is 2.28. The van der Waals surface area contributed by atoms with E-state index in [0.29, 0.717) is 6.61 Å². The fraction of sp³-hybridized carbons (Fsp3) is 0.250. The third-order valence-electron chi connectivity index (χ3n) is 5.65. The lowest BCUT2D eigenvalue weighted by molar-refractivity contribution is 0.144. The molecule has 1 N–H and O–H groups in total. The van der Waals surface area contributed by atoms with Crippen molar-refractivity contribution >= 4 is 6.09 Å². The lowest BCUT2D eigenvalue weighted by Crippen LogP contribution is -2.26. The SMILES string of the molecule is CC(C)(C)c1ccc(C#CCNC(=O)OCC2c3ccccc3-c3ccccc32)cc1. The highest BCUT2D eigenvalue weighted by Crippen LogP contribution is 2.44. The number of carbonyl (C=O) groups excluding carboxylic acids is 1. The van der Waals surface area contributed by atoms with Crippen LogP contribution < -0.4 is 5.32 Å². The van der Waals surface area contributed by atoms with E-state index in [1.54, 1.807) is 0 Å². The summed E-state index contributed by atoms with van der Waals surface area (Å²) in [5.41, 5.74) is 7.17. The first-order chi connectivity index (χ1) is 14.9. The summed E-state index contributed by atoms with van der Waals surface area (Å²) in [5, 5.41) is 2.73. The number of hydrogen-bond acceptors (Lipinski definition) is 2. The van der Waals surface area contributed by atoms with E-state index < -0.39 is 6.09 Å². The molecule has 156 valence electrons. The Labute approximate surface area is 184 Å². The molecular weight excluding hydrogens is 382 g/mol. The Morgan fingerprint density at radius 1 is 0.903 bits per heavy atom. The molecule has 0 atom stereocenters. The molecule has 3 heteroatoms. The summed E-state index contributed by atoms with van der Waals surface area (Å²) >= 11 is 0. The first-order valence-corrected chi connectivity index (χ1v) is 10.6. The number of carbonyl (C=O) groups is 1. The van der Waals surface area contributed by atoms with Crippen LogP contribution in [0.15, 0.2) is 72.8 Å². The van der Waals surface area contributed by atoms with Gasteiger partial charge in [0.05, 0.1) is 6.54 Å². The van der Waals surface area contributed by atoms with Gasteiger partial charge in [-0.25, -0.2) is 4.79 Å². The summed E-state index contributed by atoms with van der Waals surface area (Å²) in [4.78, 5) is 12.2. The smallest absolute Gasteiger partial charge is 0.407 e. The van der Waals surface area contributed by atoms with Crippen molar-refractivity contribution in [2.45, 2.75) is 32.1 Å². The van der Waals surface area contributed by atoms with Gasteiger partial charge in [0.1, 0.15) is 6.61 Å². The predicted octanol–water partition coefficient (Wildman–Crippen LogP) is 5.87. The molecule has 0 saturated heterocycles. The minimum absolute atomic E-state index is 0.0607. The summed E-state index contributed by atoms with van der Waals surface area (Å²) in [7, 11) is 0. The van der Waals surface area contributed by atoms with E-state index in [2.05, 4.69) is 74.3 Å². The first-order valence-electron chi connectivity index (χ1n) is 10.6. The molecule has 3 aromatic rings. The molecular formula is C28H27NO2. The Bertz CT molecular complexity index is 1100. The molecule has 4 rings (SSSR count). The molecule has 0 bridgehead atoms. The van der Waals surface area contributed by atoms with Crippen molar-refractivity contribution in [1.29, 1.82) is 0 Å². The van der Waals surface area contributed by atoms with Crippen LogP contribution in [-0.4, -0.2) is 19.2 Å². The van der Waals surface area contributed by atoms with Crippen LogP contribution in [0.1, 0.15) is 48.9 Å². The van der Waals surface area contributed by atoms with Gasteiger partial charge in [0.25, 0.3) is 0 Å². The zero-order valence-corrected chi connectivity index (χ0v) is 18.2. The van der Waals surface area contributed by atoms with E-state index in [-0.39, 0.29) is 17.9 Å². The number of fused-ring (bicyclic) bond motifs is 3. The number of nitrogens with one attached hydrogen (secondary N) is 1. The number of amides is 1. The maximum Gasteiger partial charge on any atom is 0.407 e. The van der Waals surface area contributed by atoms with E-state index in [1.807, 2.05) is 36.4 Å². The van der Waals surface area contributed by atoms with E-state index >= 15 is 0 Å². The molecule has 1 aliphatic carbocycles. The highest BCUT2D eigenvalue weighted by molar-refractivity contribution is 5.79. The molecule has 3 aromatic carbocycles. The standard InChI is InChI=1S/C28H27NO2/c1-28(2,3)21-16-14-20(15-17-21)9-8-18-29-27(30)31-19-26-24-12-6-4-10-22(24)23-11-5-7-13-25(23)26/h4-7,10-17,26H,18-19H2,1-3H3,(H,29,30). The third-order valence-corrected chi connectivity index (χ3v) is 5.65. The van der Waals surface area contributed by atoms with Crippen LogP contribution in [0.4, 0.5) is 4.79 Å². The topological polar surface area (TPSA) is 38.3 Å². The Morgan fingerprint density at radius 2 is 1.48 bits per heavy atom. The summed E-state index contributed by atoms with van der Waals surface area (Å²) in [5.74, 6) is 6.13. The van der Waals surface area contributed by atoms with E-state index in [0.717, 1.165) is 5.56 Å². The van der Waals surface area contributed by atoms with E-state index in [4.69, 9.17) is 4.74 Å². The number of benzene rings is 3. The number of hydrogen-bond donors (Lipinski definition) is 1. The number of rotatable bonds is 3. The van der Waals surface area contributed by atoms with Gasteiger partial charge in [0.2, 0.25) is 0 Å². The first kappa shape index (κ1) is 20.8. The lowest BCUT2D eigenvalue weighted by Gasteiger charge is -2.18. The third kappa shape index (κ3) is 4.64. The van der Waals surface area contributed by atoms with Crippen molar-refractivity contribution in [3.63, 3.8) is 0 Å². The zero-order valence-electron chi connectivity index (χ0n) is 18.2. The van der Waals surface area contributed by atoms with Crippen LogP contribution in [0.25, 0.3) is 11.1 Å². The van der Waals surface area contributed by atoms with Crippen LogP contribution in [0.3, 0.4) is 0 Å². The zero-order chi connectivity index (χ0) is 21.8. The Kier molecular flexibility index (Phi) is 5.82. The van der Waals surface area contributed by atoms with Crippen LogP contribution in [0.5, 0.6) is 0 Å². The van der Waals surface area contributed by atoms with Gasteiger partial charge >= 0.3 is 6.09 Å². The maximum absolute atomic E-state index is 12.2. The van der Waals surface area contributed by atoms with Crippen molar-refractivity contribution in [3.05, 3.63) is 95.1 Å². The molecule has 1 amide bonds. The molecule has 31 heavy (non-hydrogen) atoms. The van der Waals surface area contributed by atoms with Gasteiger partial charge in [0, 0.05) is 11.5 Å². The second-order valence-electron chi connectivity index (χ2n) is 8.81. The van der Waals surface area contributed by atoms with Crippen molar-refractivity contribution < 1.29 is 9.53 Å². The summed E-state index contributed by atoms with van der Waals surface area (Å²) in [6, 6.07) is 24.8. The molecule has 0 heterocycles. The molecule has 1 aliphatic rings. The average molecular weight is 410 g/mol. The second kappa shape index (κ2) is 8.70. The van der Waals surface area contributed by atoms with Gasteiger partial charge in [-0.2, -0.15) is 0 Å². The molecule has 0 aromatic heterocycles. The molecule has 0 unspecified atom stereocenters. The quantitative estimate of drug-likeness (QED) is 0.549. The largest absolute Gasteiger partial charge is 0.449 e. The van der Waals surface area contributed by atoms with Crippen LogP contribution in [0, 0.1) is 11.8 Å². The van der Waals surface area contributed by atoms with E-state index in [9.17, 15) is 4.79 Å². The van der Waals surface area contributed by atoms with Gasteiger partial charge < -0.3 is 10.1 Å². The average Bonchev–Trinajstić information content (AvgIpc) is 3.09. The summed E-state index contributed by atoms with van der Waals surface area (Å²) in [6.45, 7) is 7.11.